The Balaban J connectivity index is 4.35. The minimum absolute atomic E-state index is 0.0924. The van der Waals surface area contributed by atoms with Crippen LogP contribution >= 0.6 is 0 Å². The molecule has 0 saturated heterocycles. The lowest BCUT2D eigenvalue weighted by Crippen LogP contribution is -2.30. The van der Waals surface area contributed by atoms with Crippen LogP contribution in [-0.4, -0.2) is 37.2 Å². The summed E-state index contributed by atoms with van der Waals surface area (Å²) in [6, 6.07) is 0. The number of carbonyl (C=O) groups excluding carboxylic acids is 3. The van der Waals surface area contributed by atoms with Crippen LogP contribution in [0.4, 0.5) is 0 Å². The van der Waals surface area contributed by atoms with Crippen LogP contribution in [0.2, 0.25) is 0 Å². The molecule has 0 aliphatic rings. The summed E-state index contributed by atoms with van der Waals surface area (Å²) in [6.45, 7) is 6.45. The van der Waals surface area contributed by atoms with Crippen molar-refractivity contribution in [3.63, 3.8) is 0 Å². The highest BCUT2D eigenvalue weighted by Crippen LogP contribution is 2.14. The van der Waals surface area contributed by atoms with E-state index in [4.69, 9.17) is 14.2 Å². The third-order valence-corrected chi connectivity index (χ3v) is 12.0. The maximum absolute atomic E-state index is 12.8. The lowest BCUT2D eigenvalue weighted by Gasteiger charge is -2.18. The van der Waals surface area contributed by atoms with E-state index in [1.165, 1.54) is 83.5 Å². The van der Waals surface area contributed by atoms with Gasteiger partial charge in [-0.25, -0.2) is 0 Å². The molecule has 0 bridgehead atoms. The fourth-order valence-electron chi connectivity index (χ4n) is 7.69. The molecular formula is C64H106O6. The van der Waals surface area contributed by atoms with Gasteiger partial charge in [-0.1, -0.05) is 239 Å². The van der Waals surface area contributed by atoms with E-state index in [-0.39, 0.29) is 31.1 Å². The second-order valence-electron chi connectivity index (χ2n) is 18.8. The number of hydrogen-bond donors (Lipinski definition) is 0. The fourth-order valence-corrected chi connectivity index (χ4v) is 7.69. The van der Waals surface area contributed by atoms with Crippen molar-refractivity contribution in [2.24, 2.45) is 0 Å². The Morgan fingerprint density at radius 1 is 0.300 bits per heavy atom. The van der Waals surface area contributed by atoms with Gasteiger partial charge >= 0.3 is 17.9 Å². The van der Waals surface area contributed by atoms with Crippen molar-refractivity contribution in [3.8, 4) is 0 Å². The molecule has 1 unspecified atom stereocenters. The van der Waals surface area contributed by atoms with Crippen molar-refractivity contribution < 1.29 is 28.6 Å². The van der Waals surface area contributed by atoms with E-state index in [0.29, 0.717) is 19.3 Å². The van der Waals surface area contributed by atoms with Gasteiger partial charge < -0.3 is 14.2 Å². The van der Waals surface area contributed by atoms with Crippen LogP contribution in [0.3, 0.4) is 0 Å². The largest absolute Gasteiger partial charge is 0.462 e. The van der Waals surface area contributed by atoms with Crippen molar-refractivity contribution >= 4 is 17.9 Å². The van der Waals surface area contributed by atoms with E-state index in [9.17, 15) is 14.4 Å². The van der Waals surface area contributed by atoms with Gasteiger partial charge in [-0.05, 0) is 109 Å². The smallest absolute Gasteiger partial charge is 0.306 e. The van der Waals surface area contributed by atoms with Crippen molar-refractivity contribution in [1.82, 2.24) is 0 Å². The highest BCUT2D eigenvalue weighted by atomic mass is 16.6. The molecule has 0 aliphatic carbocycles. The normalized spacial score (nSPS) is 12.9. The van der Waals surface area contributed by atoms with Gasteiger partial charge in [0.15, 0.2) is 6.10 Å². The number of ether oxygens (including phenoxy) is 3. The zero-order chi connectivity index (χ0) is 50.7. The molecule has 0 saturated carbocycles. The number of hydrogen-bond acceptors (Lipinski definition) is 6. The maximum atomic E-state index is 12.8. The minimum atomic E-state index is -0.796. The first-order valence-electron chi connectivity index (χ1n) is 28.9. The molecule has 1 atom stereocenters. The Bertz CT molecular complexity index is 1440. The Morgan fingerprint density at radius 3 is 0.871 bits per heavy atom. The molecule has 6 heteroatoms. The Kier molecular flexibility index (Phi) is 54.4. The number of unbranched alkanes of at least 4 members (excludes halogenated alkanes) is 22. The Hall–Kier alpha value is -3.93. The van der Waals surface area contributed by atoms with Gasteiger partial charge in [-0.2, -0.15) is 0 Å². The van der Waals surface area contributed by atoms with Crippen LogP contribution in [0.5, 0.6) is 0 Å². The summed E-state index contributed by atoms with van der Waals surface area (Å²) in [7, 11) is 0. The minimum Gasteiger partial charge on any atom is -0.462 e. The summed E-state index contributed by atoms with van der Waals surface area (Å²) in [5.74, 6) is -0.936. The highest BCUT2D eigenvalue weighted by Gasteiger charge is 2.19. The van der Waals surface area contributed by atoms with Crippen LogP contribution in [0.25, 0.3) is 0 Å². The van der Waals surface area contributed by atoms with Crippen LogP contribution < -0.4 is 0 Å². The van der Waals surface area contributed by atoms with E-state index in [1.54, 1.807) is 0 Å². The quantitative estimate of drug-likeness (QED) is 0.0262. The van der Waals surface area contributed by atoms with Crippen molar-refractivity contribution in [2.75, 3.05) is 13.2 Å². The molecule has 0 aromatic carbocycles. The molecule has 0 rings (SSSR count). The molecule has 0 fully saturated rings. The topological polar surface area (TPSA) is 78.9 Å². The molecule has 0 aliphatic heterocycles. The molecule has 0 N–H and O–H groups in total. The van der Waals surface area contributed by atoms with Crippen molar-refractivity contribution in [2.45, 2.75) is 264 Å². The summed E-state index contributed by atoms with van der Waals surface area (Å²) >= 11 is 0. The van der Waals surface area contributed by atoms with Crippen molar-refractivity contribution in [3.05, 3.63) is 109 Å². The molecule has 0 amide bonds. The molecular weight excluding hydrogens is 865 g/mol. The molecule has 70 heavy (non-hydrogen) atoms. The van der Waals surface area contributed by atoms with Gasteiger partial charge in [0.25, 0.3) is 0 Å². The lowest BCUT2D eigenvalue weighted by molar-refractivity contribution is -0.167. The second kappa shape index (κ2) is 57.6. The summed E-state index contributed by atoms with van der Waals surface area (Å²) in [5, 5.41) is 0. The molecule has 0 aromatic heterocycles. The predicted molar refractivity (Wildman–Crippen MR) is 302 cm³/mol. The number of esters is 3. The molecule has 6 nitrogen and oxygen atoms in total. The first-order valence-corrected chi connectivity index (χ1v) is 28.9. The average molecular weight is 972 g/mol. The lowest BCUT2D eigenvalue weighted by atomic mass is 10.1. The van der Waals surface area contributed by atoms with Crippen LogP contribution in [0, 0.1) is 0 Å². The summed E-state index contributed by atoms with van der Waals surface area (Å²) in [5.41, 5.74) is 0. The maximum Gasteiger partial charge on any atom is 0.306 e. The van der Waals surface area contributed by atoms with Gasteiger partial charge in [-0.3, -0.25) is 14.4 Å². The first-order chi connectivity index (χ1) is 34.5. The summed E-state index contributed by atoms with van der Waals surface area (Å²) in [6.07, 6.45) is 78.0. The summed E-state index contributed by atoms with van der Waals surface area (Å²) in [4.78, 5) is 38.0. The van der Waals surface area contributed by atoms with Gasteiger partial charge in [0, 0.05) is 19.3 Å². The monoisotopic (exact) mass is 971 g/mol. The van der Waals surface area contributed by atoms with E-state index < -0.39 is 6.10 Å². The molecule has 0 radical (unpaired) electrons. The fraction of sp³-hybridized carbons (Fsp3) is 0.672. The van der Waals surface area contributed by atoms with Crippen LogP contribution in [-0.2, 0) is 28.6 Å². The van der Waals surface area contributed by atoms with Crippen LogP contribution in [0.1, 0.15) is 258 Å². The number of allylic oxidation sites excluding steroid dienone is 18. The SMILES string of the molecule is CC/C=C\C/C=C\C/C=C\C/C=C\C/C=C\C/C=C\CCCCCCC(=O)OCC(COC(=O)CCCCCCCCCC)OC(=O)CCCCCCCC/C=C\C/C=C\C/C=C\CCCCCCC. The number of carbonyl (C=O) groups is 3. The Labute approximate surface area is 431 Å². The molecule has 0 heterocycles. The zero-order valence-electron chi connectivity index (χ0n) is 45.5. The standard InChI is InChI=1S/C64H106O6/c1-4-7-10-13-16-19-21-23-25-27-29-31-32-34-35-37-39-41-43-45-48-51-54-57-63(66)69-60-61(59-68-62(65)56-53-50-47-18-15-12-9-6-3)70-64(67)58-55-52-49-46-44-42-40-38-36-33-30-28-26-24-22-20-17-14-11-8-5-2/h7,10,16,19,22-25,28-31,34-36,38-39,41,61H,4-6,8-9,11-15,17-18,20-21,26-27,32-33,37,40,42-60H2,1-3H3/b10-7-,19-16-,24-22-,25-23-,30-28-,31-29-,35-34-,38-36-,41-39-. The number of rotatable bonds is 51. The van der Waals surface area contributed by atoms with E-state index in [0.717, 1.165) is 135 Å². The molecule has 398 valence electrons. The first kappa shape index (κ1) is 66.1. The summed E-state index contributed by atoms with van der Waals surface area (Å²) < 4.78 is 16.8. The van der Waals surface area contributed by atoms with Crippen LogP contribution in [0.15, 0.2) is 109 Å². The molecule has 0 aromatic rings. The van der Waals surface area contributed by atoms with Gasteiger partial charge in [0.2, 0.25) is 0 Å². The highest BCUT2D eigenvalue weighted by molar-refractivity contribution is 5.71. The van der Waals surface area contributed by atoms with E-state index in [2.05, 4.69) is 130 Å². The third kappa shape index (κ3) is 55.0. The van der Waals surface area contributed by atoms with E-state index in [1.807, 2.05) is 0 Å². The average Bonchev–Trinajstić information content (AvgIpc) is 3.36. The zero-order valence-corrected chi connectivity index (χ0v) is 45.5. The van der Waals surface area contributed by atoms with E-state index >= 15 is 0 Å². The van der Waals surface area contributed by atoms with Gasteiger partial charge in [0.05, 0.1) is 0 Å². The predicted octanol–water partition coefficient (Wildman–Crippen LogP) is 19.5. The van der Waals surface area contributed by atoms with Gasteiger partial charge in [-0.15, -0.1) is 0 Å². The molecule has 0 spiro atoms. The van der Waals surface area contributed by atoms with Gasteiger partial charge in [0.1, 0.15) is 13.2 Å². The second-order valence-corrected chi connectivity index (χ2v) is 18.8. The third-order valence-electron chi connectivity index (χ3n) is 12.0. The van der Waals surface area contributed by atoms with Crippen molar-refractivity contribution in [1.29, 1.82) is 0 Å². The Morgan fingerprint density at radius 2 is 0.557 bits per heavy atom.